The predicted molar refractivity (Wildman–Crippen MR) is 92.6 cm³/mol. The lowest BCUT2D eigenvalue weighted by molar-refractivity contribution is -0.146. The molecule has 134 valence electrons. The molecular formula is C19H28O4S. The van der Waals surface area contributed by atoms with Gasteiger partial charge in [-0.1, -0.05) is 26.0 Å². The fraction of sp³-hybridized carbons (Fsp3) is 0.842. The molecule has 0 aliphatic heterocycles. The van der Waals surface area contributed by atoms with Crippen LogP contribution in [0.5, 0.6) is 0 Å². The van der Waals surface area contributed by atoms with E-state index in [0.717, 1.165) is 25.7 Å². The number of allylic oxidation sites excluding steroid dienone is 2. The molecule has 4 bridgehead atoms. The summed E-state index contributed by atoms with van der Waals surface area (Å²) in [6, 6.07) is 0. The van der Waals surface area contributed by atoms with Crippen molar-refractivity contribution >= 4 is 16.8 Å². The van der Waals surface area contributed by atoms with Gasteiger partial charge in [0.05, 0.1) is 24.4 Å². The zero-order chi connectivity index (χ0) is 17.3. The Morgan fingerprint density at radius 3 is 2.58 bits per heavy atom. The lowest BCUT2D eigenvalue weighted by atomic mass is 9.70. The third kappa shape index (κ3) is 2.00. The maximum atomic E-state index is 13.4. The van der Waals surface area contributed by atoms with Crippen molar-refractivity contribution < 1.29 is 18.8 Å². The summed E-state index contributed by atoms with van der Waals surface area (Å²) in [6.45, 7) is 4.47. The zero-order valence-electron chi connectivity index (χ0n) is 14.7. The zero-order valence-corrected chi connectivity index (χ0v) is 15.6. The van der Waals surface area contributed by atoms with Crippen molar-refractivity contribution in [3.05, 3.63) is 12.2 Å². The molecule has 3 saturated carbocycles. The molecule has 0 amide bonds. The molecule has 0 spiro atoms. The van der Waals surface area contributed by atoms with Crippen molar-refractivity contribution in [3.8, 4) is 0 Å². The van der Waals surface area contributed by atoms with Crippen LogP contribution in [0.15, 0.2) is 12.2 Å². The summed E-state index contributed by atoms with van der Waals surface area (Å²) in [5.41, 5.74) is -0.231. The van der Waals surface area contributed by atoms with E-state index in [1.54, 1.807) is 0 Å². The van der Waals surface area contributed by atoms with Crippen molar-refractivity contribution in [2.24, 2.45) is 34.5 Å². The van der Waals surface area contributed by atoms with Gasteiger partial charge in [-0.25, -0.2) is 0 Å². The average molecular weight is 352 g/mol. The Kier molecular flexibility index (Phi) is 3.78. The number of fused-ring (bicyclic) bond motifs is 4. The van der Waals surface area contributed by atoms with Gasteiger partial charge in [0.15, 0.2) is 0 Å². The van der Waals surface area contributed by atoms with Gasteiger partial charge in [0, 0.05) is 22.0 Å². The number of hydrogen-bond donors (Lipinski definition) is 1. The molecule has 0 aromatic heterocycles. The number of carbonyl (C=O) groups is 1. The maximum Gasteiger partial charge on any atom is 0.310 e. The fourth-order valence-electron chi connectivity index (χ4n) is 6.31. The Bertz CT molecular complexity index is 612. The smallest absolute Gasteiger partial charge is 0.310 e. The highest BCUT2D eigenvalue weighted by Gasteiger charge is 2.65. The van der Waals surface area contributed by atoms with Gasteiger partial charge in [-0.15, -0.1) is 0 Å². The summed E-state index contributed by atoms with van der Waals surface area (Å²) < 4.78 is 18.4. The molecule has 0 radical (unpaired) electrons. The molecule has 8 atom stereocenters. The summed E-state index contributed by atoms with van der Waals surface area (Å²) in [6.07, 6.45) is 7.70. The minimum Gasteiger partial charge on any atom is -0.469 e. The van der Waals surface area contributed by atoms with Gasteiger partial charge in [-0.05, 0) is 48.9 Å². The third-order valence-corrected chi connectivity index (χ3v) is 10.0. The Balaban J connectivity index is 1.60. The van der Waals surface area contributed by atoms with Gasteiger partial charge in [0.2, 0.25) is 0 Å². The SMILES string of the molecule is COC(=O)C1C2C=CC(C2)C1S(=O)CC12CCC(CC1O)C2(C)C. The molecule has 8 unspecified atom stereocenters. The second kappa shape index (κ2) is 5.41. The van der Waals surface area contributed by atoms with Crippen LogP contribution < -0.4 is 0 Å². The molecule has 4 rings (SSSR count). The molecule has 4 aliphatic rings. The molecule has 24 heavy (non-hydrogen) atoms. The third-order valence-electron chi connectivity index (χ3n) is 7.95. The van der Waals surface area contributed by atoms with Crippen LogP contribution in [0.25, 0.3) is 0 Å². The van der Waals surface area contributed by atoms with Crippen LogP contribution in [0.1, 0.15) is 39.5 Å². The molecular weight excluding hydrogens is 324 g/mol. The summed E-state index contributed by atoms with van der Waals surface area (Å²) in [5.74, 6) is 0.939. The summed E-state index contributed by atoms with van der Waals surface area (Å²) >= 11 is 0. The summed E-state index contributed by atoms with van der Waals surface area (Å²) in [5, 5.41) is 10.6. The number of esters is 1. The van der Waals surface area contributed by atoms with Crippen LogP contribution >= 0.6 is 0 Å². The molecule has 5 heteroatoms. The number of ether oxygens (including phenoxy) is 1. The Labute approximate surface area is 146 Å². The second-order valence-electron chi connectivity index (χ2n) is 8.85. The van der Waals surface area contributed by atoms with Crippen LogP contribution in [-0.4, -0.2) is 39.5 Å². The van der Waals surface area contributed by atoms with Crippen molar-refractivity contribution in [1.29, 1.82) is 0 Å². The summed E-state index contributed by atoms with van der Waals surface area (Å²) in [4.78, 5) is 12.3. The lowest BCUT2D eigenvalue weighted by Crippen LogP contribution is -2.47. The number of carbonyl (C=O) groups excluding carboxylic acids is 1. The quantitative estimate of drug-likeness (QED) is 0.623. The predicted octanol–water partition coefficient (Wildman–Crippen LogP) is 2.29. The van der Waals surface area contributed by atoms with Gasteiger partial charge in [0.25, 0.3) is 0 Å². The maximum absolute atomic E-state index is 13.4. The van der Waals surface area contributed by atoms with E-state index >= 15 is 0 Å². The molecule has 0 saturated heterocycles. The molecule has 0 aromatic carbocycles. The van der Waals surface area contributed by atoms with E-state index in [2.05, 4.69) is 26.0 Å². The van der Waals surface area contributed by atoms with Crippen LogP contribution in [-0.2, 0) is 20.3 Å². The van der Waals surface area contributed by atoms with E-state index in [4.69, 9.17) is 4.74 Å². The Hall–Kier alpha value is -0.680. The van der Waals surface area contributed by atoms with E-state index < -0.39 is 10.8 Å². The molecule has 4 aliphatic carbocycles. The monoisotopic (exact) mass is 352 g/mol. The first-order valence-electron chi connectivity index (χ1n) is 9.13. The van der Waals surface area contributed by atoms with E-state index in [1.165, 1.54) is 7.11 Å². The second-order valence-corrected chi connectivity index (χ2v) is 10.4. The fourth-order valence-corrected chi connectivity index (χ4v) is 8.95. The van der Waals surface area contributed by atoms with Gasteiger partial charge in [-0.3, -0.25) is 9.00 Å². The first-order valence-corrected chi connectivity index (χ1v) is 10.5. The van der Waals surface area contributed by atoms with Crippen molar-refractivity contribution in [3.63, 3.8) is 0 Å². The highest BCUT2D eigenvalue weighted by Crippen LogP contribution is 2.66. The standard InChI is InChI=1S/C19H28O4S/c1-18(2)13-6-7-19(18,14(20)9-13)10-24(22)16-12-5-4-11(8-12)15(16)17(21)23-3/h4-5,11-16,20H,6-10H2,1-3H3. The lowest BCUT2D eigenvalue weighted by Gasteiger charge is -2.41. The number of aliphatic hydroxyl groups is 1. The number of aliphatic hydroxyl groups excluding tert-OH is 1. The highest BCUT2D eigenvalue weighted by atomic mass is 32.2. The molecule has 1 N–H and O–H groups in total. The minimum absolute atomic E-state index is 0.0241. The highest BCUT2D eigenvalue weighted by molar-refractivity contribution is 7.85. The van der Waals surface area contributed by atoms with Gasteiger partial charge in [0.1, 0.15) is 0 Å². The van der Waals surface area contributed by atoms with Crippen LogP contribution in [0.3, 0.4) is 0 Å². The molecule has 0 aromatic rings. The van der Waals surface area contributed by atoms with Crippen molar-refractivity contribution in [2.75, 3.05) is 12.9 Å². The Morgan fingerprint density at radius 2 is 2.00 bits per heavy atom. The van der Waals surface area contributed by atoms with Crippen LogP contribution in [0, 0.1) is 34.5 Å². The van der Waals surface area contributed by atoms with E-state index in [1.807, 2.05) is 0 Å². The van der Waals surface area contributed by atoms with E-state index in [9.17, 15) is 14.1 Å². The van der Waals surface area contributed by atoms with Crippen LogP contribution in [0.2, 0.25) is 0 Å². The van der Waals surface area contributed by atoms with Crippen molar-refractivity contribution in [2.45, 2.75) is 50.9 Å². The van der Waals surface area contributed by atoms with E-state index in [0.29, 0.717) is 11.7 Å². The first-order chi connectivity index (χ1) is 11.3. The molecule has 4 nitrogen and oxygen atoms in total. The molecule has 3 fully saturated rings. The largest absolute Gasteiger partial charge is 0.469 e. The van der Waals surface area contributed by atoms with Gasteiger partial charge < -0.3 is 9.84 Å². The van der Waals surface area contributed by atoms with Crippen LogP contribution in [0.4, 0.5) is 0 Å². The number of rotatable bonds is 4. The van der Waals surface area contributed by atoms with E-state index in [-0.39, 0.29) is 45.9 Å². The molecule has 0 heterocycles. The van der Waals surface area contributed by atoms with Crippen molar-refractivity contribution in [1.82, 2.24) is 0 Å². The first kappa shape index (κ1) is 16.8. The number of hydrogen-bond acceptors (Lipinski definition) is 4. The van der Waals surface area contributed by atoms with Gasteiger partial charge in [-0.2, -0.15) is 0 Å². The number of methoxy groups -OCH3 is 1. The van der Waals surface area contributed by atoms with Gasteiger partial charge >= 0.3 is 5.97 Å². The topological polar surface area (TPSA) is 63.6 Å². The average Bonchev–Trinajstić information content (AvgIpc) is 3.25. The normalized spacial score (nSPS) is 48.8. The minimum atomic E-state index is -1.13. The Morgan fingerprint density at radius 1 is 1.29 bits per heavy atom. The summed E-state index contributed by atoms with van der Waals surface area (Å²) in [7, 11) is 0.290.